The van der Waals surface area contributed by atoms with Crippen molar-refractivity contribution in [3.8, 4) is 0 Å². The molecule has 0 radical (unpaired) electrons. The van der Waals surface area contributed by atoms with E-state index in [4.69, 9.17) is 0 Å². The van der Waals surface area contributed by atoms with Gasteiger partial charge in [-0.15, -0.1) is 5.10 Å². The third-order valence-corrected chi connectivity index (χ3v) is 2.86. The molecule has 5 heteroatoms. The summed E-state index contributed by atoms with van der Waals surface area (Å²) in [5.74, 6) is -0.272. The van der Waals surface area contributed by atoms with Crippen molar-refractivity contribution in [1.29, 1.82) is 0 Å². The van der Waals surface area contributed by atoms with E-state index in [9.17, 15) is 9.50 Å². The topological polar surface area (TPSA) is 50.9 Å². The summed E-state index contributed by atoms with van der Waals surface area (Å²) in [5, 5.41) is 18.0. The first kappa shape index (κ1) is 12.7. The summed E-state index contributed by atoms with van der Waals surface area (Å²) in [4.78, 5) is 0. The molecular formula is C13H16FN3O. The van der Waals surface area contributed by atoms with Crippen molar-refractivity contribution in [3.05, 3.63) is 47.0 Å². The maximum absolute atomic E-state index is 13.2. The monoisotopic (exact) mass is 249 g/mol. The van der Waals surface area contributed by atoms with Crippen LogP contribution >= 0.6 is 0 Å². The summed E-state index contributed by atoms with van der Waals surface area (Å²) in [6.07, 6.45) is 1.62. The fraction of sp³-hybridized carbons (Fsp3) is 0.385. The molecule has 1 atom stereocenters. The first-order chi connectivity index (χ1) is 8.63. The minimum atomic E-state index is -0.828. The Morgan fingerprint density at radius 2 is 2.22 bits per heavy atom. The lowest BCUT2D eigenvalue weighted by molar-refractivity contribution is 0.207. The van der Waals surface area contributed by atoms with Crippen molar-refractivity contribution in [2.24, 2.45) is 0 Å². The van der Waals surface area contributed by atoms with Gasteiger partial charge in [0.05, 0.1) is 11.9 Å². The van der Waals surface area contributed by atoms with E-state index in [2.05, 4.69) is 10.3 Å². The summed E-state index contributed by atoms with van der Waals surface area (Å²) in [6, 6.07) is 4.58. The van der Waals surface area contributed by atoms with Gasteiger partial charge in [-0.05, 0) is 30.5 Å². The van der Waals surface area contributed by atoms with Crippen LogP contribution in [0.2, 0.25) is 0 Å². The molecule has 1 N–H and O–H groups in total. The zero-order valence-electron chi connectivity index (χ0n) is 10.5. The average molecular weight is 249 g/mol. The van der Waals surface area contributed by atoms with Crippen LogP contribution in [-0.2, 0) is 6.54 Å². The van der Waals surface area contributed by atoms with Crippen LogP contribution < -0.4 is 0 Å². The van der Waals surface area contributed by atoms with Gasteiger partial charge in [0.2, 0.25) is 0 Å². The van der Waals surface area contributed by atoms with Crippen molar-refractivity contribution < 1.29 is 9.50 Å². The molecule has 1 aromatic carbocycles. The maximum atomic E-state index is 13.2. The van der Waals surface area contributed by atoms with Crippen molar-refractivity contribution >= 4 is 0 Å². The molecular weight excluding hydrogens is 233 g/mol. The number of aromatic nitrogens is 3. The van der Waals surface area contributed by atoms with Crippen LogP contribution in [0.15, 0.2) is 24.4 Å². The number of hydrogen-bond donors (Lipinski definition) is 1. The Morgan fingerprint density at radius 3 is 2.89 bits per heavy atom. The molecule has 1 aromatic heterocycles. The summed E-state index contributed by atoms with van der Waals surface area (Å²) < 4.78 is 14.9. The van der Waals surface area contributed by atoms with Gasteiger partial charge in [-0.3, -0.25) is 0 Å². The predicted molar refractivity (Wildman–Crippen MR) is 65.5 cm³/mol. The van der Waals surface area contributed by atoms with Gasteiger partial charge in [-0.25, -0.2) is 9.07 Å². The van der Waals surface area contributed by atoms with Gasteiger partial charge in [0.1, 0.15) is 11.9 Å². The number of halogens is 1. The van der Waals surface area contributed by atoms with Crippen LogP contribution in [0.3, 0.4) is 0 Å². The number of nitrogens with zero attached hydrogens (tertiary/aromatic N) is 3. The first-order valence-electron chi connectivity index (χ1n) is 5.96. The smallest absolute Gasteiger partial charge is 0.126 e. The summed E-state index contributed by atoms with van der Waals surface area (Å²) in [6.45, 7) is 4.40. The highest BCUT2D eigenvalue weighted by Gasteiger charge is 2.16. The Bertz CT molecular complexity index is 539. The number of benzene rings is 1. The van der Waals surface area contributed by atoms with Crippen molar-refractivity contribution in [2.75, 3.05) is 0 Å². The van der Waals surface area contributed by atoms with E-state index in [1.54, 1.807) is 29.9 Å². The minimum Gasteiger partial charge on any atom is -0.382 e. The molecule has 96 valence electrons. The molecule has 18 heavy (non-hydrogen) atoms. The third-order valence-electron chi connectivity index (χ3n) is 2.86. The first-order valence-corrected chi connectivity index (χ1v) is 5.96. The van der Waals surface area contributed by atoms with Gasteiger partial charge in [0.15, 0.2) is 0 Å². The second-order valence-corrected chi connectivity index (χ2v) is 4.29. The number of hydrogen-bond acceptors (Lipinski definition) is 3. The van der Waals surface area contributed by atoms with E-state index in [0.717, 1.165) is 6.42 Å². The lowest BCUT2D eigenvalue weighted by Gasteiger charge is -2.13. The van der Waals surface area contributed by atoms with Crippen LogP contribution in [0.5, 0.6) is 0 Å². The van der Waals surface area contributed by atoms with Crippen LogP contribution in [0, 0.1) is 12.7 Å². The molecule has 0 amide bonds. The fourth-order valence-electron chi connectivity index (χ4n) is 1.87. The molecule has 0 bridgehead atoms. The van der Waals surface area contributed by atoms with Crippen LogP contribution in [-0.4, -0.2) is 20.1 Å². The third kappa shape index (κ3) is 2.41. The highest BCUT2D eigenvalue weighted by atomic mass is 19.1. The van der Waals surface area contributed by atoms with E-state index < -0.39 is 6.10 Å². The van der Waals surface area contributed by atoms with Crippen molar-refractivity contribution in [1.82, 2.24) is 15.0 Å². The van der Waals surface area contributed by atoms with E-state index in [1.165, 1.54) is 6.07 Å². The molecule has 0 saturated heterocycles. The largest absolute Gasteiger partial charge is 0.382 e. The lowest BCUT2D eigenvalue weighted by atomic mass is 10.0. The summed E-state index contributed by atoms with van der Waals surface area (Å²) >= 11 is 0. The zero-order chi connectivity index (χ0) is 13.1. The van der Waals surface area contributed by atoms with E-state index >= 15 is 0 Å². The Labute approximate surface area is 105 Å². The van der Waals surface area contributed by atoms with E-state index in [1.807, 2.05) is 6.92 Å². The normalized spacial score (nSPS) is 12.7. The van der Waals surface area contributed by atoms with Gasteiger partial charge in [0, 0.05) is 6.54 Å². The van der Waals surface area contributed by atoms with Crippen molar-refractivity contribution in [3.63, 3.8) is 0 Å². The van der Waals surface area contributed by atoms with Gasteiger partial charge < -0.3 is 5.11 Å². The quantitative estimate of drug-likeness (QED) is 0.903. The van der Waals surface area contributed by atoms with Crippen molar-refractivity contribution in [2.45, 2.75) is 32.9 Å². The molecule has 0 saturated carbocycles. The highest BCUT2D eigenvalue weighted by Crippen LogP contribution is 2.23. The summed E-state index contributed by atoms with van der Waals surface area (Å²) in [5.41, 5.74) is 1.79. The second-order valence-electron chi connectivity index (χ2n) is 4.29. The Hall–Kier alpha value is -1.75. The zero-order valence-corrected chi connectivity index (χ0v) is 10.5. The predicted octanol–water partition coefficient (Wildman–Crippen LogP) is 2.22. The van der Waals surface area contributed by atoms with Crippen LogP contribution in [0.25, 0.3) is 0 Å². The molecule has 4 nitrogen and oxygen atoms in total. The number of aliphatic hydroxyl groups excluding tert-OH is 1. The number of rotatable bonds is 4. The number of aliphatic hydroxyl groups is 1. The molecule has 0 fully saturated rings. The Balaban J connectivity index is 2.32. The Morgan fingerprint density at radius 1 is 1.44 bits per heavy atom. The molecule has 1 unspecified atom stereocenters. The molecule has 0 aliphatic rings. The molecule has 0 aliphatic heterocycles. The molecule has 0 aliphatic carbocycles. The molecule has 2 rings (SSSR count). The lowest BCUT2D eigenvalue weighted by Crippen LogP contribution is -2.10. The molecule has 2 aromatic rings. The standard InChI is InChI=1S/C13H16FN3O/c1-3-6-17-12(8-15-16-17)13(18)10-4-5-11(14)9(2)7-10/h4-5,7-8,13,18H,3,6H2,1-2H3. The average Bonchev–Trinajstić information content (AvgIpc) is 2.80. The van der Waals surface area contributed by atoms with Crippen LogP contribution in [0.1, 0.15) is 36.3 Å². The second kappa shape index (κ2) is 5.27. The van der Waals surface area contributed by atoms with E-state index in [0.29, 0.717) is 23.4 Å². The molecule has 1 heterocycles. The maximum Gasteiger partial charge on any atom is 0.126 e. The SMILES string of the molecule is CCCn1nncc1C(O)c1ccc(F)c(C)c1. The highest BCUT2D eigenvalue weighted by molar-refractivity contribution is 5.29. The van der Waals surface area contributed by atoms with Gasteiger partial charge in [0.25, 0.3) is 0 Å². The van der Waals surface area contributed by atoms with E-state index in [-0.39, 0.29) is 5.82 Å². The van der Waals surface area contributed by atoms with Crippen LogP contribution in [0.4, 0.5) is 4.39 Å². The summed E-state index contributed by atoms with van der Waals surface area (Å²) in [7, 11) is 0. The van der Waals surface area contributed by atoms with Gasteiger partial charge in [-0.2, -0.15) is 0 Å². The minimum absolute atomic E-state index is 0.272. The van der Waals surface area contributed by atoms with Gasteiger partial charge >= 0.3 is 0 Å². The molecule has 0 spiro atoms. The fourth-order valence-corrected chi connectivity index (χ4v) is 1.87. The number of aryl methyl sites for hydroxylation is 2. The Kier molecular flexibility index (Phi) is 3.72. The van der Waals surface area contributed by atoms with Gasteiger partial charge in [-0.1, -0.05) is 24.3 Å².